The number of anilines is 8. The normalized spacial score (nSPS) is 15.9. The van der Waals surface area contributed by atoms with E-state index in [4.69, 9.17) is 5.73 Å². The third kappa shape index (κ3) is 13.0. The van der Waals surface area contributed by atoms with Crippen LogP contribution in [0.2, 0.25) is 0 Å². The van der Waals surface area contributed by atoms with E-state index in [9.17, 15) is 58.2 Å². The molecule has 9 heterocycles. The van der Waals surface area contributed by atoms with Crippen LogP contribution in [0.4, 0.5) is 45.8 Å². The van der Waals surface area contributed by atoms with Crippen molar-refractivity contribution in [2.24, 2.45) is 62.1 Å². The number of aryl methyl sites for hydroxylation is 8. The summed E-state index contributed by atoms with van der Waals surface area (Å²) in [6, 6.07) is 4.49. The molecule has 8 aromatic rings. The molecule has 0 aliphatic carbocycles. The van der Waals surface area contributed by atoms with Gasteiger partial charge in [-0.15, -0.1) is 0 Å². The molecule has 87 heavy (non-hydrogen) atoms. The van der Waals surface area contributed by atoms with Crippen molar-refractivity contribution in [3.05, 3.63) is 120 Å². The second-order valence-electron chi connectivity index (χ2n) is 20.5. The number of aromatic hydroxyl groups is 2. The lowest BCUT2D eigenvalue weighted by Crippen LogP contribution is -2.39. The van der Waals surface area contributed by atoms with Crippen molar-refractivity contribution in [3.8, 4) is 11.5 Å². The summed E-state index contributed by atoms with van der Waals surface area (Å²) in [7, 11) is 12.2. The van der Waals surface area contributed by atoms with Crippen molar-refractivity contribution < 1.29 is 58.2 Å². The lowest BCUT2D eigenvalue weighted by Gasteiger charge is -2.12. The lowest BCUT2D eigenvalue weighted by atomic mass is 10.2. The summed E-state index contributed by atoms with van der Waals surface area (Å²) in [5, 5.41) is 48.7. The molecule has 1 unspecified atom stereocenters. The van der Waals surface area contributed by atoms with Gasteiger partial charge in [-0.1, -0.05) is 0 Å². The van der Waals surface area contributed by atoms with E-state index in [1.165, 1.54) is 139 Å². The molecule has 8 aromatic heterocycles. The predicted molar refractivity (Wildman–Crippen MR) is 314 cm³/mol. The summed E-state index contributed by atoms with van der Waals surface area (Å²) in [5.74, 6) is -8.19. The maximum atomic E-state index is 13.6. The van der Waals surface area contributed by atoms with Crippen molar-refractivity contribution in [3.63, 3.8) is 0 Å². The van der Waals surface area contributed by atoms with Crippen LogP contribution in [-0.2, 0) is 66.0 Å². The fourth-order valence-electron chi connectivity index (χ4n) is 9.51. The van der Waals surface area contributed by atoms with Gasteiger partial charge in [0.15, 0.2) is 34.5 Å². The Balaban J connectivity index is 0.894. The molecule has 0 saturated carbocycles. The topological polar surface area (TPSA) is 423 Å². The van der Waals surface area contributed by atoms with E-state index in [-0.39, 0.29) is 124 Å². The third-order valence-electron chi connectivity index (χ3n) is 13.8. The summed E-state index contributed by atoms with van der Waals surface area (Å²) in [6.45, 7) is 0.0250. The van der Waals surface area contributed by atoms with Gasteiger partial charge in [0.25, 0.3) is 47.3 Å². The van der Waals surface area contributed by atoms with Gasteiger partial charge in [0.1, 0.15) is 34.2 Å². The van der Waals surface area contributed by atoms with Crippen LogP contribution in [-0.4, -0.2) is 135 Å². The molecule has 0 aromatic carbocycles. The van der Waals surface area contributed by atoms with Crippen LogP contribution >= 0.6 is 0 Å². The maximum absolute atomic E-state index is 13.6. The van der Waals surface area contributed by atoms with E-state index in [1.807, 2.05) is 0 Å². The number of carbonyl (C=O) groups excluding carboxylic acids is 10. The highest BCUT2D eigenvalue weighted by atomic mass is 16.3. The molecule has 0 fully saturated rings. The van der Waals surface area contributed by atoms with Gasteiger partial charge in [0.2, 0.25) is 23.5 Å². The number of nitrogens with two attached hydrogens (primary N) is 1. The Morgan fingerprint density at radius 1 is 0.414 bits per heavy atom. The molecule has 1 aliphatic heterocycles. The molecule has 16 bridgehead atoms. The van der Waals surface area contributed by atoms with Gasteiger partial charge in [-0.05, 0) is 37.1 Å². The average Bonchev–Trinajstić information content (AvgIpc) is 2.82. The molecular weight excluding hydrogens is 1130 g/mol. The lowest BCUT2D eigenvalue weighted by molar-refractivity contribution is -0.117. The Kier molecular flexibility index (Phi) is 16.7. The van der Waals surface area contributed by atoms with Crippen molar-refractivity contribution in [1.82, 2.24) is 57.1 Å². The number of fused-ring (bicyclic) bond motifs is 16. The molecule has 0 saturated heterocycles. The molecular formula is C54H61N21O12. The number of hydrogen-bond acceptors (Lipinski definition) is 15. The van der Waals surface area contributed by atoms with E-state index in [1.54, 1.807) is 28.2 Å². The molecule has 33 nitrogen and oxygen atoms in total. The second kappa shape index (κ2) is 24.3. The summed E-state index contributed by atoms with van der Waals surface area (Å²) in [5.41, 5.74) is 6.75. The van der Waals surface area contributed by atoms with Crippen LogP contribution in [0.25, 0.3) is 0 Å². The Morgan fingerprint density at radius 2 is 0.782 bits per heavy atom. The monoisotopic (exact) mass is 1200 g/mol. The zero-order valence-corrected chi connectivity index (χ0v) is 48.1. The van der Waals surface area contributed by atoms with E-state index >= 15 is 0 Å². The van der Waals surface area contributed by atoms with Gasteiger partial charge in [0, 0.05) is 125 Å². The van der Waals surface area contributed by atoms with Crippen LogP contribution in [0, 0.1) is 0 Å². The van der Waals surface area contributed by atoms with E-state index in [0.29, 0.717) is 0 Å². The zero-order chi connectivity index (χ0) is 62.9. The van der Waals surface area contributed by atoms with Gasteiger partial charge in [-0.2, -0.15) is 0 Å². The molecule has 0 spiro atoms. The average molecular weight is 1200 g/mol. The van der Waals surface area contributed by atoms with Crippen LogP contribution in [0.5, 0.6) is 11.5 Å². The van der Waals surface area contributed by atoms with E-state index < -0.39 is 76.6 Å². The number of imidazole rings is 2. The van der Waals surface area contributed by atoms with Gasteiger partial charge < -0.3 is 106 Å². The molecule has 1 aliphatic rings. The Morgan fingerprint density at radius 3 is 1.20 bits per heavy atom. The highest BCUT2D eigenvalue weighted by Crippen LogP contribution is 2.33. The first-order chi connectivity index (χ1) is 41.2. The van der Waals surface area contributed by atoms with Crippen molar-refractivity contribution in [2.45, 2.75) is 25.3 Å². The number of nitrogens with zero attached hydrogens (tertiary/aromatic N) is 10. The summed E-state index contributed by atoms with van der Waals surface area (Å²) in [6.07, 6.45) is 11.4. The van der Waals surface area contributed by atoms with Crippen LogP contribution in [0.15, 0.2) is 73.8 Å². The first kappa shape index (κ1) is 60.0. The number of amides is 10. The number of aromatic nitrogens is 10. The van der Waals surface area contributed by atoms with Crippen LogP contribution in [0.1, 0.15) is 103 Å². The summed E-state index contributed by atoms with van der Waals surface area (Å²) in [4.78, 5) is 142. The fraction of sp³-hybridized carbons (Fsp3) is 0.259. The molecule has 10 amide bonds. The molecule has 0 radical (unpaired) electrons. The van der Waals surface area contributed by atoms with Crippen molar-refractivity contribution in [1.29, 1.82) is 0 Å². The highest BCUT2D eigenvalue weighted by Gasteiger charge is 2.28. The van der Waals surface area contributed by atoms with Gasteiger partial charge in [0.05, 0.1) is 28.8 Å². The summed E-state index contributed by atoms with van der Waals surface area (Å²) < 4.78 is 11.0. The van der Waals surface area contributed by atoms with E-state index in [0.717, 1.165) is 0 Å². The highest BCUT2D eigenvalue weighted by molar-refractivity contribution is 6.12. The van der Waals surface area contributed by atoms with Gasteiger partial charge in [-0.25, -0.2) is 9.97 Å². The number of nitrogens with one attached hydrogen (secondary N) is 10. The predicted octanol–water partition coefficient (Wildman–Crippen LogP) is 1.66. The molecule has 1 atom stereocenters. The Bertz CT molecular complexity index is 4140. The molecule has 14 N–H and O–H groups in total. The minimum absolute atomic E-state index is 0.0315. The van der Waals surface area contributed by atoms with E-state index in [2.05, 4.69) is 63.1 Å². The first-order valence-electron chi connectivity index (χ1n) is 26.5. The van der Waals surface area contributed by atoms with Crippen molar-refractivity contribution >= 4 is 105 Å². The Labute approximate surface area is 492 Å². The molecule has 33 heteroatoms. The smallest absolute Gasteiger partial charge is 0.291 e. The van der Waals surface area contributed by atoms with Crippen molar-refractivity contribution in [2.75, 3.05) is 55.6 Å². The van der Waals surface area contributed by atoms with Crippen LogP contribution in [0.3, 0.4) is 0 Å². The number of hydrogen-bond donors (Lipinski definition) is 13. The number of rotatable bonds is 0. The zero-order valence-electron chi connectivity index (χ0n) is 48.1. The quantitative estimate of drug-likeness (QED) is 0.103. The van der Waals surface area contributed by atoms with Gasteiger partial charge >= 0.3 is 0 Å². The van der Waals surface area contributed by atoms with Crippen LogP contribution < -0.4 is 58.9 Å². The Hall–Kier alpha value is -11.6. The second-order valence-corrected chi connectivity index (χ2v) is 20.5. The first-order valence-corrected chi connectivity index (χ1v) is 26.5. The largest absolute Gasteiger partial charge is 0.504 e. The standard InChI is InChI=1S/C54H61N21O12/c1-68-18-26-14-33(68)47(80)56-12-9-10-39(76)64-37-24-74(7)44(65-37)53(86)62-31-22-72(5)40(42(31)77)51(84)60-29-17-36(71(4)21-29)50(83)59-27-15-34(69(2)19-27)48(81)57-13-11-30(55)46(79)67-38-25-75(8)45(66-38)54(87)63-32-23-73(6)41(43(32)78)52(85)61-28-16-35(49(82)58-26)70(3)20-28/h14-25,30,77-78H,9-13,55H2,1-8H3,(H,56,80)(H,57,81)(H,58,82)(H,59,83)(H,60,84)(H,61,85)(H,62,86)(H,63,87)(H,64,76)(H,67,79). The third-order valence-corrected chi connectivity index (χ3v) is 13.8. The minimum atomic E-state index is -1.16. The fourth-order valence-corrected chi connectivity index (χ4v) is 9.51. The molecule has 9 rings (SSSR count). The summed E-state index contributed by atoms with van der Waals surface area (Å²) >= 11 is 0. The molecule has 454 valence electrons. The minimum Gasteiger partial charge on any atom is -0.504 e. The van der Waals surface area contributed by atoms with Gasteiger partial charge in [-0.3, -0.25) is 47.9 Å². The maximum Gasteiger partial charge on any atom is 0.291 e. The number of carbonyl (C=O) groups is 10. The SMILES string of the molecule is Cn1cc2cc1C(=O)NCCCC(=O)Nc1cn(C)c(n1)C(=O)Nc1cn(C)c(c1O)C(=O)Nc1cc(n(C)c1)C(=O)Nc1cc(n(C)c1)C(=O)NCCC(N)C(=O)Nc1cn(C)c(n1)C(=O)Nc1cn(C)c(c1O)C(=O)Nc1cc(n(C)c1)C(=O)N2.